The van der Waals surface area contributed by atoms with Gasteiger partial charge in [-0.05, 0) is 47.6 Å². The van der Waals surface area contributed by atoms with Crippen molar-refractivity contribution in [3.05, 3.63) is 83.4 Å². The molecule has 1 atom stereocenters. The lowest BCUT2D eigenvalue weighted by molar-refractivity contribution is -0.137. The van der Waals surface area contributed by atoms with Gasteiger partial charge in [-0.25, -0.2) is 0 Å². The molecule has 3 aromatic carbocycles. The molecule has 0 amide bonds. The van der Waals surface area contributed by atoms with Crippen LogP contribution in [-0.4, -0.2) is 0 Å². The second kappa shape index (κ2) is 7.83. The molecule has 0 aliphatic carbocycles. The van der Waals surface area contributed by atoms with Crippen LogP contribution in [-0.2, 0) is 12.6 Å². The van der Waals surface area contributed by atoms with Crippen molar-refractivity contribution in [2.24, 2.45) is 0 Å². The van der Waals surface area contributed by atoms with Crippen LogP contribution in [0.2, 0.25) is 0 Å². The summed E-state index contributed by atoms with van der Waals surface area (Å²) in [6.45, 7) is 2.21. The molecule has 0 heterocycles. The molecule has 0 aliphatic heterocycles. The van der Waals surface area contributed by atoms with Gasteiger partial charge in [-0.2, -0.15) is 13.2 Å². The highest BCUT2D eigenvalue weighted by molar-refractivity contribution is 5.86. The fraction of sp³-hybridized carbons (Fsp3) is 0.304. The molecular formula is C23H21F3. The summed E-state index contributed by atoms with van der Waals surface area (Å²) in [7, 11) is 0. The SMILES string of the molecule is C[C@@H](CCCCc1c#ccc(C(F)(F)F)c1)c1cccc2ccccc12. The van der Waals surface area contributed by atoms with Gasteiger partial charge in [0.15, 0.2) is 0 Å². The Kier molecular flexibility index (Phi) is 5.52. The average Bonchev–Trinajstić information content (AvgIpc) is 2.64. The van der Waals surface area contributed by atoms with Gasteiger partial charge in [-0.1, -0.05) is 67.9 Å². The van der Waals surface area contributed by atoms with E-state index in [0.717, 1.165) is 25.3 Å². The Balaban J connectivity index is 1.57. The lowest BCUT2D eigenvalue weighted by atomic mass is 9.90. The van der Waals surface area contributed by atoms with Crippen LogP contribution in [0.5, 0.6) is 0 Å². The van der Waals surface area contributed by atoms with Gasteiger partial charge in [0.05, 0.1) is 5.56 Å². The maximum absolute atomic E-state index is 12.7. The van der Waals surface area contributed by atoms with E-state index in [1.807, 2.05) is 6.07 Å². The maximum atomic E-state index is 12.7. The van der Waals surface area contributed by atoms with Crippen LogP contribution >= 0.6 is 0 Å². The molecule has 0 aromatic heterocycles. The zero-order valence-corrected chi connectivity index (χ0v) is 14.7. The number of benzene rings is 2. The first-order valence-corrected chi connectivity index (χ1v) is 8.92. The van der Waals surface area contributed by atoms with E-state index >= 15 is 0 Å². The maximum Gasteiger partial charge on any atom is 0.417 e. The second-order valence-electron chi connectivity index (χ2n) is 6.75. The zero-order chi connectivity index (χ0) is 18.6. The molecule has 3 aromatic rings. The topological polar surface area (TPSA) is 0 Å². The highest BCUT2D eigenvalue weighted by Crippen LogP contribution is 2.30. The predicted octanol–water partition coefficient (Wildman–Crippen LogP) is 6.98. The largest absolute Gasteiger partial charge is 0.417 e. The second-order valence-corrected chi connectivity index (χ2v) is 6.75. The molecule has 134 valence electrons. The molecule has 0 spiro atoms. The zero-order valence-electron chi connectivity index (χ0n) is 14.7. The van der Waals surface area contributed by atoms with Crippen molar-refractivity contribution in [2.45, 2.75) is 44.7 Å². The van der Waals surface area contributed by atoms with E-state index < -0.39 is 11.7 Å². The number of rotatable bonds is 6. The molecule has 3 heteroatoms. The molecule has 0 N–H and O–H groups in total. The van der Waals surface area contributed by atoms with Gasteiger partial charge in [-0.15, -0.1) is 0 Å². The van der Waals surface area contributed by atoms with Crippen molar-refractivity contribution in [3.63, 3.8) is 0 Å². The van der Waals surface area contributed by atoms with E-state index in [2.05, 4.69) is 55.5 Å². The number of fused-ring (bicyclic) bond motifs is 1. The summed E-state index contributed by atoms with van der Waals surface area (Å²) in [5.74, 6) is 0.415. The van der Waals surface area contributed by atoms with Gasteiger partial charge in [0.25, 0.3) is 0 Å². The van der Waals surface area contributed by atoms with Crippen molar-refractivity contribution < 1.29 is 13.2 Å². The van der Waals surface area contributed by atoms with Crippen LogP contribution in [0, 0.1) is 12.1 Å². The Hall–Kier alpha value is -2.47. The third-order valence-electron chi connectivity index (χ3n) is 4.80. The van der Waals surface area contributed by atoms with Gasteiger partial charge in [0.2, 0.25) is 0 Å². The van der Waals surface area contributed by atoms with Crippen LogP contribution in [0.4, 0.5) is 13.2 Å². The van der Waals surface area contributed by atoms with Crippen LogP contribution in [0.15, 0.2) is 54.6 Å². The molecule has 0 nitrogen and oxygen atoms in total. The van der Waals surface area contributed by atoms with E-state index in [1.54, 1.807) is 0 Å². The number of halogens is 3. The van der Waals surface area contributed by atoms with Gasteiger partial charge in [0, 0.05) is 11.6 Å². The van der Waals surface area contributed by atoms with Crippen LogP contribution < -0.4 is 0 Å². The summed E-state index contributed by atoms with van der Waals surface area (Å²) >= 11 is 0. The summed E-state index contributed by atoms with van der Waals surface area (Å²) in [6, 6.07) is 22.2. The molecule has 0 radical (unpaired) electrons. The lowest BCUT2D eigenvalue weighted by Gasteiger charge is -2.14. The quantitative estimate of drug-likeness (QED) is 0.419. The summed E-state index contributed by atoms with van der Waals surface area (Å²) < 4.78 is 38.2. The van der Waals surface area contributed by atoms with Crippen molar-refractivity contribution in [3.8, 4) is 0 Å². The van der Waals surface area contributed by atoms with Crippen molar-refractivity contribution in [1.82, 2.24) is 0 Å². The van der Waals surface area contributed by atoms with E-state index in [-0.39, 0.29) is 0 Å². The molecule has 0 fully saturated rings. The Morgan fingerprint density at radius 2 is 1.77 bits per heavy atom. The van der Waals surface area contributed by atoms with Crippen LogP contribution in [0.1, 0.15) is 48.8 Å². The van der Waals surface area contributed by atoms with Crippen LogP contribution in [0.25, 0.3) is 10.8 Å². The summed E-state index contributed by atoms with van der Waals surface area (Å²) in [4.78, 5) is 0. The number of aryl methyl sites for hydroxylation is 1. The Morgan fingerprint density at radius 1 is 1.00 bits per heavy atom. The highest BCUT2D eigenvalue weighted by atomic mass is 19.4. The van der Waals surface area contributed by atoms with Crippen molar-refractivity contribution in [1.29, 1.82) is 0 Å². The average molecular weight is 354 g/mol. The molecular weight excluding hydrogens is 333 g/mol. The van der Waals surface area contributed by atoms with Gasteiger partial charge >= 0.3 is 6.18 Å². The normalized spacial score (nSPS) is 12.8. The number of alkyl halides is 3. The number of hydrogen-bond acceptors (Lipinski definition) is 0. The monoisotopic (exact) mass is 354 g/mol. The molecule has 26 heavy (non-hydrogen) atoms. The lowest BCUT2D eigenvalue weighted by Crippen LogP contribution is -2.04. The summed E-state index contributed by atoms with van der Waals surface area (Å²) in [6.07, 6.45) is -0.891. The first kappa shape index (κ1) is 18.3. The van der Waals surface area contributed by atoms with Gasteiger partial charge < -0.3 is 0 Å². The fourth-order valence-corrected chi connectivity index (χ4v) is 3.37. The molecule has 0 unspecified atom stereocenters. The van der Waals surface area contributed by atoms with E-state index in [0.29, 0.717) is 17.9 Å². The molecule has 0 saturated heterocycles. The first-order chi connectivity index (χ1) is 12.4. The number of hydrogen-bond donors (Lipinski definition) is 0. The fourth-order valence-electron chi connectivity index (χ4n) is 3.37. The molecule has 0 aliphatic rings. The van der Waals surface area contributed by atoms with Crippen molar-refractivity contribution >= 4 is 10.8 Å². The summed E-state index contributed by atoms with van der Waals surface area (Å²) in [5.41, 5.74) is 1.27. The third-order valence-corrected chi connectivity index (χ3v) is 4.80. The third kappa shape index (κ3) is 4.38. The van der Waals surface area contributed by atoms with Gasteiger partial charge in [0.1, 0.15) is 0 Å². The summed E-state index contributed by atoms with van der Waals surface area (Å²) in [5, 5.41) is 2.52. The number of unbranched alkanes of at least 4 members (excludes halogenated alkanes) is 1. The Morgan fingerprint density at radius 3 is 2.58 bits per heavy atom. The van der Waals surface area contributed by atoms with Crippen LogP contribution in [0.3, 0.4) is 0 Å². The Bertz CT molecular complexity index is 859. The van der Waals surface area contributed by atoms with Crippen molar-refractivity contribution in [2.75, 3.05) is 0 Å². The smallest absolute Gasteiger partial charge is 0.166 e. The van der Waals surface area contributed by atoms with E-state index in [4.69, 9.17) is 0 Å². The molecule has 0 saturated carbocycles. The minimum atomic E-state index is -4.32. The molecule has 3 rings (SSSR count). The molecule has 0 bridgehead atoms. The van der Waals surface area contributed by atoms with E-state index in [1.165, 1.54) is 22.4 Å². The predicted molar refractivity (Wildman–Crippen MR) is 99.0 cm³/mol. The minimum absolute atomic E-state index is 0.415. The Labute approximate surface area is 152 Å². The highest BCUT2D eigenvalue weighted by Gasteiger charge is 2.30. The first-order valence-electron chi connectivity index (χ1n) is 8.92. The minimum Gasteiger partial charge on any atom is -0.166 e. The van der Waals surface area contributed by atoms with Gasteiger partial charge in [-0.3, -0.25) is 0 Å². The standard InChI is InChI=1S/C23H21F3/c1-17(21-15-7-12-19-11-4-5-14-22(19)21)8-2-3-9-18-10-6-13-20(16-18)23(24,25)26/h4-5,7,11-17H,2-3,8-9H2,1H3/t17-/m0/s1. The van der Waals surface area contributed by atoms with E-state index in [9.17, 15) is 13.2 Å².